The highest BCUT2D eigenvalue weighted by Crippen LogP contribution is 2.30. The number of aromatic nitrogens is 1. The highest BCUT2D eigenvalue weighted by Gasteiger charge is 2.25. The summed E-state index contributed by atoms with van der Waals surface area (Å²) >= 11 is 8.78. The molecular weight excluding hydrogens is 327 g/mol. The van der Waals surface area contributed by atoms with Gasteiger partial charge in [0.25, 0.3) is 0 Å². The number of aliphatic hydroxyl groups is 2. The summed E-state index contributed by atoms with van der Waals surface area (Å²) in [5, 5.41) is 30.6. The quantitative estimate of drug-likeness (QED) is 0.371. The van der Waals surface area contributed by atoms with E-state index in [-0.39, 0.29) is 16.4 Å². The molecule has 0 radical (unpaired) electrons. The summed E-state index contributed by atoms with van der Waals surface area (Å²) in [4.78, 5) is 13.9. The van der Waals surface area contributed by atoms with Crippen LogP contribution in [0.25, 0.3) is 0 Å². The zero-order valence-corrected chi connectivity index (χ0v) is 11.8. The van der Waals surface area contributed by atoms with Crippen LogP contribution in [0.15, 0.2) is 6.07 Å². The maximum Gasteiger partial charge on any atom is 0.306 e. The minimum atomic E-state index is -1.23. The minimum absolute atomic E-state index is 0.208. The molecule has 6 nitrogen and oxygen atoms in total. The summed E-state index contributed by atoms with van der Waals surface area (Å²) in [7, 11) is 0. The first kappa shape index (κ1) is 15.3. The summed E-state index contributed by atoms with van der Waals surface area (Å²) in [6.45, 7) is 1.56. The van der Waals surface area contributed by atoms with Crippen LogP contribution < -0.4 is 0 Å². The fraction of sp³-hybridized carbons (Fsp3) is 0.500. The molecule has 0 aliphatic rings. The Morgan fingerprint density at radius 2 is 2.22 bits per heavy atom. The van der Waals surface area contributed by atoms with Crippen LogP contribution in [-0.4, -0.2) is 31.6 Å². The number of halogens is 2. The van der Waals surface area contributed by atoms with Gasteiger partial charge in [-0.15, -0.1) is 0 Å². The van der Waals surface area contributed by atoms with Gasteiger partial charge < -0.3 is 10.2 Å². The van der Waals surface area contributed by atoms with Gasteiger partial charge in [0.1, 0.15) is 6.10 Å². The molecule has 0 aliphatic heterocycles. The summed E-state index contributed by atoms with van der Waals surface area (Å²) in [6, 6.07) is 1.15. The van der Waals surface area contributed by atoms with Crippen LogP contribution in [0.4, 0.5) is 5.69 Å². The monoisotopic (exact) mass is 338 g/mol. The van der Waals surface area contributed by atoms with Crippen molar-refractivity contribution in [1.82, 2.24) is 4.98 Å². The number of nitro groups is 1. The van der Waals surface area contributed by atoms with Gasteiger partial charge in [0, 0.05) is 22.7 Å². The van der Waals surface area contributed by atoms with Crippen LogP contribution in [0.2, 0.25) is 5.15 Å². The lowest BCUT2D eigenvalue weighted by Gasteiger charge is -2.18. The van der Waals surface area contributed by atoms with Crippen LogP contribution in [0, 0.1) is 17.0 Å². The summed E-state index contributed by atoms with van der Waals surface area (Å²) in [5.41, 5.74) is 0.175. The number of alkyl halides is 1. The standard InChI is InChI=1S/C10H12BrClN2O4/c1-5-6(9(16)8(15)2-3-11)4-7(14(17)18)10(12)13-5/h4,8-9,15-16H,2-3H2,1H3. The Balaban J connectivity index is 3.15. The van der Waals surface area contributed by atoms with Crippen LogP contribution in [0.5, 0.6) is 0 Å². The summed E-state index contributed by atoms with van der Waals surface area (Å²) in [5.74, 6) is 0. The summed E-state index contributed by atoms with van der Waals surface area (Å²) in [6.07, 6.45) is -1.94. The molecule has 0 amide bonds. The third-order valence-electron chi connectivity index (χ3n) is 2.47. The molecular formula is C10H12BrClN2O4. The van der Waals surface area contributed by atoms with Gasteiger partial charge in [-0.05, 0) is 13.3 Å². The first-order valence-electron chi connectivity index (χ1n) is 5.12. The fourth-order valence-corrected chi connectivity index (χ4v) is 2.20. The van der Waals surface area contributed by atoms with E-state index in [1.165, 1.54) is 0 Å². The highest BCUT2D eigenvalue weighted by atomic mass is 79.9. The maximum absolute atomic E-state index is 10.7. The van der Waals surface area contributed by atoms with Gasteiger partial charge in [-0.25, -0.2) is 4.98 Å². The second-order valence-electron chi connectivity index (χ2n) is 3.72. The van der Waals surface area contributed by atoms with Crippen molar-refractivity contribution in [3.63, 3.8) is 0 Å². The average molecular weight is 340 g/mol. The first-order chi connectivity index (χ1) is 8.38. The molecule has 8 heteroatoms. The van der Waals surface area contributed by atoms with Gasteiger partial charge in [0.15, 0.2) is 0 Å². The lowest BCUT2D eigenvalue weighted by molar-refractivity contribution is -0.385. The second kappa shape index (κ2) is 6.42. The topological polar surface area (TPSA) is 96.5 Å². The molecule has 0 bridgehead atoms. The number of aliphatic hydroxyl groups excluding tert-OH is 2. The molecule has 1 aromatic rings. The van der Waals surface area contributed by atoms with Gasteiger partial charge in [-0.3, -0.25) is 10.1 Å². The Kier molecular flexibility index (Phi) is 5.46. The van der Waals surface area contributed by atoms with E-state index in [9.17, 15) is 20.3 Å². The van der Waals surface area contributed by atoms with Crippen molar-refractivity contribution in [2.24, 2.45) is 0 Å². The largest absolute Gasteiger partial charge is 0.390 e. The fourth-order valence-electron chi connectivity index (χ4n) is 1.48. The smallest absolute Gasteiger partial charge is 0.306 e. The van der Waals surface area contributed by atoms with E-state index in [0.29, 0.717) is 17.4 Å². The van der Waals surface area contributed by atoms with E-state index in [1.54, 1.807) is 6.92 Å². The Morgan fingerprint density at radius 1 is 1.61 bits per heavy atom. The van der Waals surface area contributed by atoms with E-state index in [1.807, 2.05) is 0 Å². The number of hydrogen-bond donors (Lipinski definition) is 2. The molecule has 0 saturated carbocycles. The van der Waals surface area contributed by atoms with Gasteiger partial charge >= 0.3 is 5.69 Å². The van der Waals surface area contributed by atoms with E-state index >= 15 is 0 Å². The van der Waals surface area contributed by atoms with E-state index in [2.05, 4.69) is 20.9 Å². The molecule has 2 N–H and O–H groups in total. The lowest BCUT2D eigenvalue weighted by Crippen LogP contribution is -2.20. The molecule has 0 aromatic carbocycles. The van der Waals surface area contributed by atoms with E-state index < -0.39 is 17.1 Å². The minimum Gasteiger partial charge on any atom is -0.390 e. The van der Waals surface area contributed by atoms with Crippen LogP contribution in [0.1, 0.15) is 23.8 Å². The Bertz CT molecular complexity index is 458. The number of aryl methyl sites for hydroxylation is 1. The molecule has 0 saturated heterocycles. The van der Waals surface area contributed by atoms with Crippen molar-refractivity contribution in [2.75, 3.05) is 5.33 Å². The van der Waals surface area contributed by atoms with Crippen molar-refractivity contribution in [3.05, 3.63) is 32.6 Å². The van der Waals surface area contributed by atoms with Crippen molar-refractivity contribution in [1.29, 1.82) is 0 Å². The van der Waals surface area contributed by atoms with Crippen LogP contribution in [-0.2, 0) is 0 Å². The highest BCUT2D eigenvalue weighted by molar-refractivity contribution is 9.09. The first-order valence-corrected chi connectivity index (χ1v) is 6.62. The van der Waals surface area contributed by atoms with Crippen LogP contribution in [0.3, 0.4) is 0 Å². The molecule has 0 fully saturated rings. The molecule has 18 heavy (non-hydrogen) atoms. The predicted molar refractivity (Wildman–Crippen MR) is 70.0 cm³/mol. The van der Waals surface area contributed by atoms with Crippen LogP contribution >= 0.6 is 27.5 Å². The molecule has 1 rings (SSSR count). The molecule has 1 aromatic heterocycles. The third-order valence-corrected chi connectivity index (χ3v) is 3.21. The number of nitrogens with zero attached hydrogens (tertiary/aromatic N) is 2. The Labute approximate surface area is 117 Å². The number of rotatable bonds is 5. The van der Waals surface area contributed by atoms with Crippen molar-refractivity contribution >= 4 is 33.2 Å². The predicted octanol–water partition coefficient (Wildman–Crippen LogP) is 2.13. The second-order valence-corrected chi connectivity index (χ2v) is 4.87. The zero-order valence-electron chi connectivity index (χ0n) is 9.51. The number of pyridine rings is 1. The molecule has 2 atom stereocenters. The van der Waals surface area contributed by atoms with Gasteiger partial charge in [0.2, 0.25) is 5.15 Å². The Morgan fingerprint density at radius 3 is 2.72 bits per heavy atom. The molecule has 0 spiro atoms. The third kappa shape index (κ3) is 3.38. The normalized spacial score (nSPS) is 14.3. The SMILES string of the molecule is Cc1nc(Cl)c([N+](=O)[O-])cc1C(O)C(O)CCBr. The Hall–Kier alpha value is -0.760. The van der Waals surface area contributed by atoms with Gasteiger partial charge in [-0.1, -0.05) is 27.5 Å². The van der Waals surface area contributed by atoms with Crippen molar-refractivity contribution in [3.8, 4) is 0 Å². The van der Waals surface area contributed by atoms with Gasteiger partial charge in [-0.2, -0.15) is 0 Å². The number of hydrogen-bond acceptors (Lipinski definition) is 5. The van der Waals surface area contributed by atoms with Crippen molar-refractivity contribution < 1.29 is 15.1 Å². The molecule has 1 heterocycles. The average Bonchev–Trinajstić information content (AvgIpc) is 2.28. The van der Waals surface area contributed by atoms with Crippen molar-refractivity contribution in [2.45, 2.75) is 25.6 Å². The lowest BCUT2D eigenvalue weighted by atomic mass is 10.0. The molecule has 0 aliphatic carbocycles. The van der Waals surface area contributed by atoms with E-state index in [0.717, 1.165) is 6.07 Å². The molecule has 100 valence electrons. The molecule has 2 unspecified atom stereocenters. The zero-order chi connectivity index (χ0) is 13.9. The van der Waals surface area contributed by atoms with Gasteiger partial charge in [0.05, 0.1) is 11.0 Å². The maximum atomic E-state index is 10.7. The van der Waals surface area contributed by atoms with E-state index in [4.69, 9.17) is 11.6 Å². The summed E-state index contributed by atoms with van der Waals surface area (Å²) < 4.78 is 0.